The van der Waals surface area contributed by atoms with Crippen LogP contribution in [0, 0.1) is 0 Å². The molecule has 0 atom stereocenters. The Balaban J connectivity index is 3.19. The zero-order valence-corrected chi connectivity index (χ0v) is 7.86. The third-order valence-electron chi connectivity index (χ3n) is 1.52. The van der Waals surface area contributed by atoms with Gasteiger partial charge in [-0.2, -0.15) is 0 Å². The summed E-state index contributed by atoms with van der Waals surface area (Å²) in [5.41, 5.74) is 9.62. The Kier molecular flexibility index (Phi) is 3.38. The molecule has 4 heteroatoms. The van der Waals surface area contributed by atoms with E-state index in [0.717, 1.165) is 5.56 Å². The lowest BCUT2D eigenvalue weighted by Crippen LogP contribution is -1.80. The molecule has 0 radical (unpaired) electrons. The molecule has 3 nitrogen and oxygen atoms in total. The number of allylic oxidation sites excluding steroid dienone is 1. The van der Waals surface area contributed by atoms with Crippen molar-refractivity contribution in [2.75, 3.05) is 0 Å². The Hall–Kier alpha value is -1.44. The highest BCUT2D eigenvalue weighted by Crippen LogP contribution is 2.22. The first kappa shape index (κ1) is 9.65. The Labute approximate surface area is 81.3 Å². The lowest BCUT2D eigenvalue weighted by molar-refractivity contribution is 1.43. The first-order valence-electron chi connectivity index (χ1n) is 3.72. The van der Waals surface area contributed by atoms with Gasteiger partial charge in [0.05, 0.1) is 5.70 Å². The third-order valence-corrected chi connectivity index (χ3v) is 1.70. The highest BCUT2D eigenvalue weighted by Gasteiger charge is 2.00. The molecule has 0 saturated carbocycles. The van der Waals surface area contributed by atoms with Gasteiger partial charge in [-0.15, -0.1) is 0 Å². The molecule has 0 aliphatic heterocycles. The molecule has 1 rings (SSSR count). The van der Waals surface area contributed by atoms with Crippen molar-refractivity contribution in [3.63, 3.8) is 0 Å². The van der Waals surface area contributed by atoms with Crippen LogP contribution in [0.1, 0.15) is 12.5 Å². The van der Waals surface area contributed by atoms with Crippen LogP contribution in [0.2, 0.25) is 0 Å². The van der Waals surface area contributed by atoms with Gasteiger partial charge in [0, 0.05) is 9.94 Å². The van der Waals surface area contributed by atoms with E-state index in [1.165, 1.54) is 0 Å². The van der Waals surface area contributed by atoms with Gasteiger partial charge in [0.25, 0.3) is 0 Å². The molecule has 1 aromatic carbocycles. The number of hydrogen-bond donors (Lipinski definition) is 0. The molecule has 0 fully saturated rings. The van der Waals surface area contributed by atoms with Crippen LogP contribution in [0.3, 0.4) is 0 Å². The van der Waals surface area contributed by atoms with Crippen molar-refractivity contribution in [1.29, 1.82) is 0 Å². The summed E-state index contributed by atoms with van der Waals surface area (Å²) in [4.78, 5) is 2.72. The minimum absolute atomic E-state index is 0.477. The van der Waals surface area contributed by atoms with Gasteiger partial charge in [-0.25, -0.2) is 0 Å². The average molecular weight is 194 g/mol. The summed E-state index contributed by atoms with van der Waals surface area (Å²) in [7, 11) is 0. The average Bonchev–Trinajstić information content (AvgIpc) is 2.15. The van der Waals surface area contributed by atoms with Gasteiger partial charge >= 0.3 is 0 Å². The van der Waals surface area contributed by atoms with Crippen LogP contribution in [0.25, 0.3) is 16.1 Å². The maximum Gasteiger partial charge on any atom is 0.0589 e. The molecule has 0 aromatic heterocycles. The second-order valence-electron chi connectivity index (χ2n) is 2.44. The zero-order chi connectivity index (χ0) is 9.68. The van der Waals surface area contributed by atoms with Gasteiger partial charge in [-0.1, -0.05) is 47.0 Å². The van der Waals surface area contributed by atoms with E-state index in [0.29, 0.717) is 10.7 Å². The molecule has 0 aliphatic rings. The minimum atomic E-state index is 0.477. The molecule has 1 aromatic rings. The molecule has 0 bridgehead atoms. The Morgan fingerprint density at radius 3 is 2.46 bits per heavy atom. The van der Waals surface area contributed by atoms with E-state index in [9.17, 15) is 0 Å². The van der Waals surface area contributed by atoms with Crippen LogP contribution < -0.4 is 0 Å². The van der Waals surface area contributed by atoms with Gasteiger partial charge in [0.15, 0.2) is 0 Å². The van der Waals surface area contributed by atoms with E-state index in [4.69, 9.17) is 17.1 Å². The van der Waals surface area contributed by atoms with E-state index in [1.54, 1.807) is 6.92 Å². The zero-order valence-electron chi connectivity index (χ0n) is 7.11. The predicted octanol–water partition coefficient (Wildman–Crippen LogP) is 3.92. The molecular weight excluding hydrogens is 186 g/mol. The molecule has 0 amide bonds. The summed E-state index contributed by atoms with van der Waals surface area (Å²) in [6.07, 6.45) is 0. The predicted molar refractivity (Wildman–Crippen MR) is 54.0 cm³/mol. The SMILES string of the molecule is C/C(Cl)=C(/N=[N+]=[N-])c1ccccc1. The highest BCUT2D eigenvalue weighted by molar-refractivity contribution is 6.32. The summed E-state index contributed by atoms with van der Waals surface area (Å²) in [5, 5.41) is 4.01. The number of halogens is 1. The molecule has 0 N–H and O–H groups in total. The van der Waals surface area contributed by atoms with E-state index in [1.807, 2.05) is 30.3 Å². The summed E-state index contributed by atoms with van der Waals surface area (Å²) in [6, 6.07) is 9.30. The van der Waals surface area contributed by atoms with Crippen molar-refractivity contribution in [2.45, 2.75) is 6.92 Å². The largest absolute Gasteiger partial charge is 0.0889 e. The van der Waals surface area contributed by atoms with Crippen LogP contribution >= 0.6 is 11.6 Å². The van der Waals surface area contributed by atoms with Gasteiger partial charge < -0.3 is 0 Å². The summed E-state index contributed by atoms with van der Waals surface area (Å²) >= 11 is 5.77. The fourth-order valence-electron chi connectivity index (χ4n) is 0.966. The number of nitrogens with zero attached hydrogens (tertiary/aromatic N) is 3. The molecule has 0 aliphatic carbocycles. The van der Waals surface area contributed by atoms with Crippen molar-refractivity contribution in [1.82, 2.24) is 0 Å². The topological polar surface area (TPSA) is 48.8 Å². The van der Waals surface area contributed by atoms with Crippen molar-refractivity contribution < 1.29 is 0 Å². The molecule has 0 saturated heterocycles. The maximum atomic E-state index is 8.31. The number of azide groups is 1. The van der Waals surface area contributed by atoms with Crippen LogP contribution in [-0.4, -0.2) is 0 Å². The highest BCUT2D eigenvalue weighted by atomic mass is 35.5. The van der Waals surface area contributed by atoms with E-state index in [-0.39, 0.29) is 0 Å². The first-order valence-corrected chi connectivity index (χ1v) is 4.10. The number of rotatable bonds is 2. The molecular formula is C9H8ClN3. The molecule has 0 unspecified atom stereocenters. The van der Waals surface area contributed by atoms with Gasteiger partial charge in [-0.05, 0) is 18.0 Å². The van der Waals surface area contributed by atoms with Crippen LogP contribution in [0.4, 0.5) is 0 Å². The van der Waals surface area contributed by atoms with E-state index >= 15 is 0 Å². The van der Waals surface area contributed by atoms with Crippen molar-refractivity contribution in [3.05, 3.63) is 51.4 Å². The number of hydrogen-bond acceptors (Lipinski definition) is 1. The molecule has 0 heterocycles. The molecule has 0 spiro atoms. The quantitative estimate of drug-likeness (QED) is 0.388. The Morgan fingerprint density at radius 1 is 1.38 bits per heavy atom. The lowest BCUT2D eigenvalue weighted by atomic mass is 10.1. The second kappa shape index (κ2) is 4.55. The molecule has 13 heavy (non-hydrogen) atoms. The third kappa shape index (κ3) is 2.51. The van der Waals surface area contributed by atoms with Crippen molar-refractivity contribution in [2.24, 2.45) is 5.11 Å². The first-order chi connectivity index (χ1) is 6.25. The fourth-order valence-corrected chi connectivity index (χ4v) is 1.11. The Bertz CT molecular complexity index is 360. The van der Waals surface area contributed by atoms with Crippen LogP contribution in [-0.2, 0) is 0 Å². The summed E-state index contributed by atoms with van der Waals surface area (Å²) in [6.45, 7) is 1.69. The van der Waals surface area contributed by atoms with Gasteiger partial charge in [-0.3, -0.25) is 0 Å². The van der Waals surface area contributed by atoms with Crippen molar-refractivity contribution >= 4 is 17.3 Å². The normalized spacial score (nSPS) is 11.5. The standard InChI is InChI=1S/C9H8ClN3/c1-7(10)9(12-13-11)8-5-3-2-4-6-8/h2-6H,1H3/b9-7-. The lowest BCUT2D eigenvalue weighted by Gasteiger charge is -2.00. The second-order valence-corrected chi connectivity index (χ2v) is 3.00. The van der Waals surface area contributed by atoms with Gasteiger partial charge in [0.1, 0.15) is 0 Å². The molecule has 66 valence electrons. The summed E-state index contributed by atoms with van der Waals surface area (Å²) in [5.74, 6) is 0. The number of benzene rings is 1. The fraction of sp³-hybridized carbons (Fsp3) is 0.111. The summed E-state index contributed by atoms with van der Waals surface area (Å²) < 4.78 is 0. The van der Waals surface area contributed by atoms with Crippen LogP contribution in [0.5, 0.6) is 0 Å². The minimum Gasteiger partial charge on any atom is -0.0889 e. The van der Waals surface area contributed by atoms with Crippen molar-refractivity contribution in [3.8, 4) is 0 Å². The van der Waals surface area contributed by atoms with Gasteiger partial charge in [0.2, 0.25) is 0 Å². The Morgan fingerprint density at radius 2 is 2.00 bits per heavy atom. The smallest absolute Gasteiger partial charge is 0.0589 e. The maximum absolute atomic E-state index is 8.31. The van der Waals surface area contributed by atoms with E-state index < -0.39 is 0 Å². The van der Waals surface area contributed by atoms with E-state index in [2.05, 4.69) is 10.0 Å². The monoisotopic (exact) mass is 193 g/mol. The van der Waals surface area contributed by atoms with Crippen LogP contribution in [0.15, 0.2) is 40.5 Å².